The van der Waals surface area contributed by atoms with Gasteiger partial charge in [-0.25, -0.2) is 0 Å². The summed E-state index contributed by atoms with van der Waals surface area (Å²) in [5.74, 6) is 0.161. The first-order valence-corrected chi connectivity index (χ1v) is 11.3. The zero-order valence-corrected chi connectivity index (χ0v) is 17.5. The molecule has 2 aromatic carbocycles. The average molecular weight is 406 g/mol. The van der Waals surface area contributed by atoms with Crippen molar-refractivity contribution in [1.29, 1.82) is 0 Å². The summed E-state index contributed by atoms with van der Waals surface area (Å²) in [6.07, 6.45) is 2.08. The molecule has 5 nitrogen and oxygen atoms in total. The summed E-state index contributed by atoms with van der Waals surface area (Å²) in [5, 5.41) is 0. The zero-order valence-electron chi connectivity index (χ0n) is 17.5. The van der Waals surface area contributed by atoms with Crippen molar-refractivity contribution in [3.63, 3.8) is 0 Å². The van der Waals surface area contributed by atoms with Gasteiger partial charge in [0.2, 0.25) is 0 Å². The van der Waals surface area contributed by atoms with Crippen LogP contribution in [-0.2, 0) is 16.1 Å². The van der Waals surface area contributed by atoms with E-state index in [0.717, 1.165) is 39.3 Å². The molecule has 3 aliphatic rings. The van der Waals surface area contributed by atoms with Crippen molar-refractivity contribution in [2.45, 2.75) is 37.6 Å². The van der Waals surface area contributed by atoms with Crippen molar-refractivity contribution in [3.05, 3.63) is 71.8 Å². The van der Waals surface area contributed by atoms with Crippen LogP contribution in [0.5, 0.6) is 0 Å². The Labute approximate surface area is 179 Å². The SMILES string of the molecule is O=C(C1OCCN(C2CC2)C1c1ccccc1)N1CCN(Cc2ccccc2)CC1. The molecule has 0 bridgehead atoms. The van der Waals surface area contributed by atoms with Crippen LogP contribution in [-0.4, -0.2) is 72.1 Å². The summed E-state index contributed by atoms with van der Waals surface area (Å²) in [5.41, 5.74) is 2.53. The summed E-state index contributed by atoms with van der Waals surface area (Å²) in [6, 6.07) is 21.7. The minimum absolute atomic E-state index is 0.0299. The third kappa shape index (κ3) is 4.29. The van der Waals surface area contributed by atoms with E-state index in [1.807, 2.05) is 11.0 Å². The standard InChI is InChI=1S/C25H31N3O2/c29-25(27-15-13-26(14-16-27)19-20-7-3-1-4-8-20)24-23(21-9-5-2-6-10-21)28(17-18-30-24)22-11-12-22/h1-10,22-24H,11-19H2. The Bertz CT molecular complexity index is 832. The van der Waals surface area contributed by atoms with E-state index in [1.165, 1.54) is 24.0 Å². The number of hydrogen-bond donors (Lipinski definition) is 0. The maximum atomic E-state index is 13.5. The second-order valence-electron chi connectivity index (χ2n) is 8.70. The number of carbonyl (C=O) groups excluding carboxylic acids is 1. The monoisotopic (exact) mass is 405 g/mol. The Morgan fingerprint density at radius 3 is 2.20 bits per heavy atom. The van der Waals surface area contributed by atoms with Gasteiger partial charge >= 0.3 is 0 Å². The Morgan fingerprint density at radius 2 is 1.53 bits per heavy atom. The molecule has 2 heterocycles. The molecule has 5 heteroatoms. The topological polar surface area (TPSA) is 36.0 Å². The predicted molar refractivity (Wildman–Crippen MR) is 117 cm³/mol. The number of amides is 1. The van der Waals surface area contributed by atoms with Crippen LogP contribution in [0.2, 0.25) is 0 Å². The van der Waals surface area contributed by atoms with Crippen molar-refractivity contribution < 1.29 is 9.53 Å². The minimum Gasteiger partial charge on any atom is -0.365 e. The molecule has 2 saturated heterocycles. The highest BCUT2D eigenvalue weighted by molar-refractivity contribution is 5.82. The highest BCUT2D eigenvalue weighted by atomic mass is 16.5. The lowest BCUT2D eigenvalue weighted by atomic mass is 9.96. The van der Waals surface area contributed by atoms with E-state index in [4.69, 9.17) is 4.74 Å². The smallest absolute Gasteiger partial charge is 0.253 e. The number of nitrogens with zero attached hydrogens (tertiary/aromatic N) is 3. The lowest BCUT2D eigenvalue weighted by Crippen LogP contribution is -2.57. The van der Waals surface area contributed by atoms with Crippen LogP contribution in [0.15, 0.2) is 60.7 Å². The molecule has 0 N–H and O–H groups in total. The third-order valence-corrected chi connectivity index (χ3v) is 6.62. The molecule has 3 fully saturated rings. The van der Waals surface area contributed by atoms with Gasteiger partial charge in [0.05, 0.1) is 12.6 Å². The van der Waals surface area contributed by atoms with E-state index in [9.17, 15) is 4.79 Å². The first kappa shape index (κ1) is 19.7. The summed E-state index contributed by atoms with van der Waals surface area (Å²) in [6.45, 7) is 5.88. The minimum atomic E-state index is -0.401. The van der Waals surface area contributed by atoms with E-state index >= 15 is 0 Å². The highest BCUT2D eigenvalue weighted by Gasteiger charge is 2.45. The lowest BCUT2D eigenvalue weighted by Gasteiger charge is -2.44. The van der Waals surface area contributed by atoms with Gasteiger partial charge < -0.3 is 9.64 Å². The van der Waals surface area contributed by atoms with Gasteiger partial charge in [0.1, 0.15) is 0 Å². The Balaban J connectivity index is 1.26. The van der Waals surface area contributed by atoms with Crippen molar-refractivity contribution in [3.8, 4) is 0 Å². The van der Waals surface area contributed by atoms with Gasteiger partial charge in [-0.2, -0.15) is 0 Å². The number of rotatable bonds is 5. The van der Waals surface area contributed by atoms with Crippen LogP contribution in [0.3, 0.4) is 0 Å². The van der Waals surface area contributed by atoms with Gasteiger partial charge in [0, 0.05) is 45.3 Å². The Morgan fingerprint density at radius 1 is 0.867 bits per heavy atom. The number of ether oxygens (including phenoxy) is 1. The van der Waals surface area contributed by atoms with Gasteiger partial charge in [-0.1, -0.05) is 60.7 Å². The number of hydrogen-bond acceptors (Lipinski definition) is 4. The molecule has 2 atom stereocenters. The first-order valence-electron chi connectivity index (χ1n) is 11.3. The maximum Gasteiger partial charge on any atom is 0.253 e. The average Bonchev–Trinajstić information content (AvgIpc) is 3.65. The normalized spacial score (nSPS) is 25.9. The molecule has 2 aliphatic heterocycles. The van der Waals surface area contributed by atoms with Crippen LogP contribution in [0.1, 0.15) is 30.0 Å². The molecule has 30 heavy (non-hydrogen) atoms. The van der Waals surface area contributed by atoms with Crippen LogP contribution in [0, 0.1) is 0 Å². The molecule has 5 rings (SSSR count). The number of carbonyl (C=O) groups is 1. The van der Waals surface area contributed by atoms with Gasteiger partial charge in [-0.3, -0.25) is 14.6 Å². The maximum absolute atomic E-state index is 13.5. The fourth-order valence-corrected chi connectivity index (χ4v) is 4.88. The van der Waals surface area contributed by atoms with Gasteiger partial charge in [-0.05, 0) is 24.0 Å². The Hall–Kier alpha value is -2.21. The molecular weight excluding hydrogens is 374 g/mol. The van der Waals surface area contributed by atoms with Crippen molar-refractivity contribution >= 4 is 5.91 Å². The van der Waals surface area contributed by atoms with Crippen molar-refractivity contribution in [2.24, 2.45) is 0 Å². The molecule has 1 amide bonds. The summed E-state index contributed by atoms with van der Waals surface area (Å²) >= 11 is 0. The van der Waals surface area contributed by atoms with Gasteiger partial charge in [0.15, 0.2) is 6.10 Å². The molecule has 0 aromatic heterocycles. The molecule has 158 valence electrons. The summed E-state index contributed by atoms with van der Waals surface area (Å²) in [7, 11) is 0. The van der Waals surface area contributed by atoms with E-state index in [-0.39, 0.29) is 11.9 Å². The van der Waals surface area contributed by atoms with Crippen LogP contribution in [0.25, 0.3) is 0 Å². The Kier molecular flexibility index (Phi) is 5.84. The fraction of sp³-hybridized carbons (Fsp3) is 0.480. The van der Waals surface area contributed by atoms with Crippen molar-refractivity contribution in [1.82, 2.24) is 14.7 Å². The largest absolute Gasteiger partial charge is 0.365 e. The van der Waals surface area contributed by atoms with Gasteiger partial charge in [-0.15, -0.1) is 0 Å². The second-order valence-corrected chi connectivity index (χ2v) is 8.70. The summed E-state index contributed by atoms with van der Waals surface area (Å²) < 4.78 is 6.14. The number of morpholine rings is 1. The van der Waals surface area contributed by atoms with E-state index < -0.39 is 6.10 Å². The molecule has 2 aromatic rings. The van der Waals surface area contributed by atoms with E-state index in [1.54, 1.807) is 0 Å². The van der Waals surface area contributed by atoms with Gasteiger partial charge in [0.25, 0.3) is 5.91 Å². The zero-order chi connectivity index (χ0) is 20.3. The van der Waals surface area contributed by atoms with Crippen LogP contribution >= 0.6 is 0 Å². The third-order valence-electron chi connectivity index (χ3n) is 6.62. The quantitative estimate of drug-likeness (QED) is 0.766. The summed E-state index contributed by atoms with van der Waals surface area (Å²) in [4.78, 5) is 20.5. The first-order chi connectivity index (χ1) is 14.8. The lowest BCUT2D eigenvalue weighted by molar-refractivity contribution is -0.159. The predicted octanol–water partition coefficient (Wildman–Crippen LogP) is 2.94. The van der Waals surface area contributed by atoms with E-state index in [0.29, 0.717) is 12.6 Å². The number of piperazine rings is 1. The second kappa shape index (κ2) is 8.88. The molecule has 1 aliphatic carbocycles. The fourth-order valence-electron chi connectivity index (χ4n) is 4.88. The highest BCUT2D eigenvalue weighted by Crippen LogP contribution is 2.39. The number of benzene rings is 2. The molecule has 0 spiro atoms. The molecule has 1 saturated carbocycles. The van der Waals surface area contributed by atoms with E-state index in [2.05, 4.69) is 64.4 Å². The van der Waals surface area contributed by atoms with Crippen LogP contribution < -0.4 is 0 Å². The molecular formula is C25H31N3O2. The van der Waals surface area contributed by atoms with Crippen LogP contribution in [0.4, 0.5) is 0 Å². The molecule has 0 radical (unpaired) electrons. The van der Waals surface area contributed by atoms with Crippen molar-refractivity contribution in [2.75, 3.05) is 39.3 Å². The molecule has 2 unspecified atom stereocenters.